The summed E-state index contributed by atoms with van der Waals surface area (Å²) in [5.74, 6) is 5.05. The molecule has 0 saturated heterocycles. The fourth-order valence-corrected chi connectivity index (χ4v) is 1.94. The molecule has 0 aliphatic heterocycles. The summed E-state index contributed by atoms with van der Waals surface area (Å²) in [6.45, 7) is 1.77. The molecule has 0 N–H and O–H groups in total. The molecule has 0 unspecified atom stereocenters. The Morgan fingerprint density at radius 2 is 1.71 bits per heavy atom. The molecule has 0 spiro atoms. The first-order chi connectivity index (χ1) is 6.54. The monoisotopic (exact) mass is 204 g/mol. The predicted molar refractivity (Wildman–Crippen MR) is 49.6 cm³/mol. The van der Waals surface area contributed by atoms with E-state index in [1.54, 1.807) is 6.92 Å². The van der Waals surface area contributed by atoms with Crippen molar-refractivity contribution in [1.29, 1.82) is 0 Å². The van der Waals surface area contributed by atoms with Crippen LogP contribution >= 0.6 is 0 Å². The zero-order valence-electron chi connectivity index (χ0n) is 8.32. The zero-order valence-corrected chi connectivity index (χ0v) is 8.32. The average Bonchev–Trinajstić information content (AvgIpc) is 2.14. The number of alkyl halides is 3. The SMILES string of the molecule is CC#CCC1CCC(C(F)(F)F)CC1. The van der Waals surface area contributed by atoms with Crippen LogP contribution in [0.5, 0.6) is 0 Å². The van der Waals surface area contributed by atoms with Crippen molar-refractivity contribution in [2.24, 2.45) is 11.8 Å². The second-order valence-corrected chi connectivity index (χ2v) is 3.89. The molecule has 0 radical (unpaired) electrons. The number of rotatable bonds is 1. The van der Waals surface area contributed by atoms with Crippen molar-refractivity contribution in [3.63, 3.8) is 0 Å². The molecule has 1 saturated carbocycles. The molecule has 1 rings (SSSR count). The Hall–Kier alpha value is -0.650. The molecule has 0 heterocycles. The van der Waals surface area contributed by atoms with Gasteiger partial charge in [0.15, 0.2) is 0 Å². The minimum Gasteiger partial charge on any atom is -0.171 e. The molecule has 0 aromatic heterocycles. The van der Waals surface area contributed by atoms with Crippen molar-refractivity contribution in [2.45, 2.75) is 45.2 Å². The number of hydrogen-bond donors (Lipinski definition) is 0. The highest BCUT2D eigenvalue weighted by atomic mass is 19.4. The fourth-order valence-electron chi connectivity index (χ4n) is 1.94. The summed E-state index contributed by atoms with van der Waals surface area (Å²) in [5, 5.41) is 0. The van der Waals surface area contributed by atoms with Gasteiger partial charge in [0.25, 0.3) is 0 Å². The Morgan fingerprint density at radius 1 is 1.14 bits per heavy atom. The number of halogens is 3. The molecule has 0 aromatic carbocycles. The van der Waals surface area contributed by atoms with Crippen molar-refractivity contribution in [2.75, 3.05) is 0 Å². The van der Waals surface area contributed by atoms with E-state index in [0.29, 0.717) is 31.6 Å². The van der Waals surface area contributed by atoms with Crippen molar-refractivity contribution in [1.82, 2.24) is 0 Å². The van der Waals surface area contributed by atoms with E-state index in [-0.39, 0.29) is 0 Å². The molecule has 1 aliphatic rings. The van der Waals surface area contributed by atoms with Gasteiger partial charge in [-0.25, -0.2) is 0 Å². The molecular weight excluding hydrogens is 189 g/mol. The second-order valence-electron chi connectivity index (χ2n) is 3.89. The quantitative estimate of drug-likeness (QED) is 0.570. The highest BCUT2D eigenvalue weighted by Gasteiger charge is 2.41. The molecule has 0 amide bonds. The standard InChI is InChI=1S/C11H15F3/c1-2-3-4-9-5-7-10(8-6-9)11(12,13)14/h9-10H,4-8H2,1H3. The second kappa shape index (κ2) is 4.72. The molecule has 80 valence electrons. The van der Waals surface area contributed by atoms with Crippen molar-refractivity contribution in [3.8, 4) is 11.8 Å². The van der Waals surface area contributed by atoms with Gasteiger partial charge in [0.2, 0.25) is 0 Å². The smallest absolute Gasteiger partial charge is 0.171 e. The Morgan fingerprint density at radius 3 is 2.14 bits per heavy atom. The molecule has 0 atom stereocenters. The molecule has 0 nitrogen and oxygen atoms in total. The first-order valence-corrected chi connectivity index (χ1v) is 5.00. The Kier molecular flexibility index (Phi) is 3.86. The van der Waals surface area contributed by atoms with E-state index in [4.69, 9.17) is 0 Å². The number of hydrogen-bond acceptors (Lipinski definition) is 0. The van der Waals surface area contributed by atoms with Gasteiger partial charge in [0.1, 0.15) is 0 Å². The highest BCUT2D eigenvalue weighted by molar-refractivity contribution is 4.97. The van der Waals surface area contributed by atoms with Crippen LogP contribution in [0.15, 0.2) is 0 Å². The van der Waals surface area contributed by atoms with E-state index in [2.05, 4.69) is 11.8 Å². The Bertz CT molecular complexity index is 223. The van der Waals surface area contributed by atoms with Crippen molar-refractivity contribution >= 4 is 0 Å². The summed E-state index contributed by atoms with van der Waals surface area (Å²) in [5.41, 5.74) is 0. The average molecular weight is 204 g/mol. The maximum Gasteiger partial charge on any atom is 0.391 e. The van der Waals surface area contributed by atoms with E-state index in [1.165, 1.54) is 0 Å². The van der Waals surface area contributed by atoms with E-state index >= 15 is 0 Å². The van der Waals surface area contributed by atoms with Crippen molar-refractivity contribution in [3.05, 3.63) is 0 Å². The largest absolute Gasteiger partial charge is 0.391 e. The topological polar surface area (TPSA) is 0 Å². The molecule has 14 heavy (non-hydrogen) atoms. The first kappa shape index (κ1) is 11.4. The zero-order chi connectivity index (χ0) is 10.6. The highest BCUT2D eigenvalue weighted by Crippen LogP contribution is 2.40. The lowest BCUT2D eigenvalue weighted by Crippen LogP contribution is -2.27. The third-order valence-corrected chi connectivity index (χ3v) is 2.88. The Labute approximate surface area is 82.9 Å². The van der Waals surface area contributed by atoms with Crippen LogP contribution in [0.4, 0.5) is 13.2 Å². The third-order valence-electron chi connectivity index (χ3n) is 2.88. The van der Waals surface area contributed by atoms with Crippen LogP contribution in [0.25, 0.3) is 0 Å². The maximum absolute atomic E-state index is 12.3. The van der Waals surface area contributed by atoms with Crippen LogP contribution in [-0.4, -0.2) is 6.18 Å². The predicted octanol–water partition coefficient (Wildman–Crippen LogP) is 3.77. The summed E-state index contributed by atoms with van der Waals surface area (Å²) < 4.78 is 36.9. The van der Waals surface area contributed by atoms with Gasteiger partial charge in [-0.15, -0.1) is 11.8 Å². The van der Waals surface area contributed by atoms with E-state index in [1.807, 2.05) is 0 Å². The molecule has 3 heteroatoms. The maximum atomic E-state index is 12.3. The van der Waals surface area contributed by atoms with Gasteiger partial charge in [-0.05, 0) is 38.5 Å². The fraction of sp³-hybridized carbons (Fsp3) is 0.818. The normalized spacial score (nSPS) is 28.0. The van der Waals surface area contributed by atoms with Gasteiger partial charge < -0.3 is 0 Å². The van der Waals surface area contributed by atoms with E-state index in [9.17, 15) is 13.2 Å². The molecule has 0 aromatic rings. The van der Waals surface area contributed by atoms with Gasteiger partial charge >= 0.3 is 6.18 Å². The van der Waals surface area contributed by atoms with Crippen LogP contribution in [0.3, 0.4) is 0 Å². The van der Waals surface area contributed by atoms with Crippen LogP contribution in [-0.2, 0) is 0 Å². The van der Waals surface area contributed by atoms with Gasteiger partial charge in [-0.3, -0.25) is 0 Å². The van der Waals surface area contributed by atoms with Crippen LogP contribution in [0.1, 0.15) is 39.0 Å². The lowest BCUT2D eigenvalue weighted by molar-refractivity contribution is -0.183. The summed E-state index contributed by atoms with van der Waals surface area (Å²) in [4.78, 5) is 0. The summed E-state index contributed by atoms with van der Waals surface area (Å²) in [6, 6.07) is 0. The molecule has 1 aliphatic carbocycles. The van der Waals surface area contributed by atoms with Crippen molar-refractivity contribution < 1.29 is 13.2 Å². The van der Waals surface area contributed by atoms with Crippen LogP contribution < -0.4 is 0 Å². The molecule has 0 bridgehead atoms. The first-order valence-electron chi connectivity index (χ1n) is 5.00. The minimum absolute atomic E-state index is 0.291. The molecule has 1 fully saturated rings. The van der Waals surface area contributed by atoms with Gasteiger partial charge in [-0.1, -0.05) is 0 Å². The summed E-state index contributed by atoms with van der Waals surface area (Å²) in [6.07, 6.45) is -1.28. The third kappa shape index (κ3) is 3.25. The van der Waals surface area contributed by atoms with E-state index in [0.717, 1.165) is 6.42 Å². The Balaban J connectivity index is 2.34. The molecular formula is C11H15F3. The summed E-state index contributed by atoms with van der Waals surface area (Å²) in [7, 11) is 0. The lowest BCUT2D eigenvalue weighted by atomic mass is 9.80. The van der Waals surface area contributed by atoms with Gasteiger partial charge in [0.05, 0.1) is 5.92 Å². The van der Waals surface area contributed by atoms with E-state index < -0.39 is 12.1 Å². The van der Waals surface area contributed by atoms with Crippen LogP contribution in [0, 0.1) is 23.7 Å². The van der Waals surface area contributed by atoms with Gasteiger partial charge in [-0.2, -0.15) is 13.2 Å². The van der Waals surface area contributed by atoms with Crippen LogP contribution in [0.2, 0.25) is 0 Å². The lowest BCUT2D eigenvalue weighted by Gasteiger charge is -2.28. The minimum atomic E-state index is -3.98. The summed E-state index contributed by atoms with van der Waals surface area (Å²) >= 11 is 0. The van der Waals surface area contributed by atoms with Gasteiger partial charge in [0, 0.05) is 6.42 Å².